The van der Waals surface area contributed by atoms with Gasteiger partial charge in [-0.3, -0.25) is 9.59 Å². The molecule has 200 valence electrons. The summed E-state index contributed by atoms with van der Waals surface area (Å²) in [5.74, 6) is 0.0319. The number of nitrogens with one attached hydrogen (secondary N) is 2. The van der Waals surface area contributed by atoms with E-state index in [1.807, 2.05) is 38.1 Å². The molecule has 0 aliphatic rings. The van der Waals surface area contributed by atoms with Crippen molar-refractivity contribution in [2.75, 3.05) is 42.3 Å². The van der Waals surface area contributed by atoms with Crippen molar-refractivity contribution in [2.45, 2.75) is 20.5 Å². The van der Waals surface area contributed by atoms with Crippen molar-refractivity contribution in [3.05, 3.63) is 82.4 Å². The SMILES string of the molecule is COc1ccc(COc2cc(C(N)=O)cc(N)c2NC/C(C)=C(\C)CNc2ccc(C(N)=O)cc2N)cc1. The van der Waals surface area contributed by atoms with Crippen molar-refractivity contribution in [3.8, 4) is 11.5 Å². The number of carbonyl (C=O) groups excluding carboxylic acids is 2. The fourth-order valence-corrected chi connectivity index (χ4v) is 3.59. The van der Waals surface area contributed by atoms with Crippen molar-refractivity contribution in [1.82, 2.24) is 0 Å². The second-order valence-electron chi connectivity index (χ2n) is 8.87. The molecule has 10 heteroatoms. The largest absolute Gasteiger partial charge is 0.497 e. The molecule has 0 unspecified atom stereocenters. The van der Waals surface area contributed by atoms with Gasteiger partial charge in [-0.15, -0.1) is 0 Å². The van der Waals surface area contributed by atoms with Crippen LogP contribution in [0.3, 0.4) is 0 Å². The Kier molecular flexibility index (Phi) is 9.04. The predicted molar refractivity (Wildman–Crippen MR) is 151 cm³/mol. The summed E-state index contributed by atoms with van der Waals surface area (Å²) in [4.78, 5) is 23.1. The van der Waals surface area contributed by atoms with E-state index in [0.29, 0.717) is 47.2 Å². The minimum absolute atomic E-state index is 0.255. The summed E-state index contributed by atoms with van der Waals surface area (Å²) in [5, 5.41) is 6.60. The van der Waals surface area contributed by atoms with Crippen LogP contribution in [-0.2, 0) is 6.61 Å². The zero-order chi connectivity index (χ0) is 27.8. The Labute approximate surface area is 222 Å². The van der Waals surface area contributed by atoms with Gasteiger partial charge in [-0.2, -0.15) is 0 Å². The van der Waals surface area contributed by atoms with Crippen LogP contribution in [0.4, 0.5) is 22.7 Å². The molecule has 0 saturated heterocycles. The van der Waals surface area contributed by atoms with E-state index < -0.39 is 11.8 Å². The zero-order valence-electron chi connectivity index (χ0n) is 21.8. The van der Waals surface area contributed by atoms with Crippen molar-refractivity contribution < 1.29 is 19.1 Å². The standard InChI is InChI=1S/C28H34N6O4/c1-16(13-33-24-9-6-19(27(31)35)10-22(24)29)17(2)14-34-26-23(30)11-20(28(32)36)12-25(26)38-15-18-4-7-21(37-3)8-5-18/h4-12,33-34H,13-15,29-30H2,1-3H3,(H2,31,35)(H2,32,36)/b17-16+. The molecule has 38 heavy (non-hydrogen) atoms. The molecule has 0 heterocycles. The zero-order valence-corrected chi connectivity index (χ0v) is 21.8. The minimum Gasteiger partial charge on any atom is -0.497 e. The monoisotopic (exact) mass is 518 g/mol. The lowest BCUT2D eigenvalue weighted by Gasteiger charge is -2.18. The molecular weight excluding hydrogens is 484 g/mol. The molecule has 3 aromatic rings. The van der Waals surface area contributed by atoms with Gasteiger partial charge in [0.15, 0.2) is 0 Å². The van der Waals surface area contributed by atoms with Crippen LogP contribution < -0.4 is 43.0 Å². The van der Waals surface area contributed by atoms with Gasteiger partial charge in [-0.05, 0) is 61.9 Å². The molecule has 3 rings (SSSR count). The average molecular weight is 519 g/mol. The molecular formula is C28H34N6O4. The molecule has 0 saturated carbocycles. The molecule has 0 aliphatic carbocycles. The molecule has 2 amide bonds. The number of anilines is 4. The van der Waals surface area contributed by atoms with Crippen LogP contribution in [0.5, 0.6) is 11.5 Å². The van der Waals surface area contributed by atoms with E-state index >= 15 is 0 Å². The third-order valence-electron chi connectivity index (χ3n) is 6.11. The van der Waals surface area contributed by atoms with Gasteiger partial charge >= 0.3 is 0 Å². The fraction of sp³-hybridized carbons (Fsp3) is 0.214. The predicted octanol–water partition coefficient (Wildman–Crippen LogP) is 3.50. The number of amides is 2. The van der Waals surface area contributed by atoms with E-state index in [1.54, 1.807) is 31.4 Å². The highest BCUT2D eigenvalue weighted by Gasteiger charge is 2.14. The van der Waals surface area contributed by atoms with Gasteiger partial charge in [0.2, 0.25) is 11.8 Å². The maximum Gasteiger partial charge on any atom is 0.248 e. The Morgan fingerprint density at radius 1 is 0.789 bits per heavy atom. The number of benzene rings is 3. The molecule has 0 fully saturated rings. The summed E-state index contributed by atoms with van der Waals surface area (Å²) in [6, 6.07) is 15.5. The van der Waals surface area contributed by atoms with Crippen LogP contribution in [-0.4, -0.2) is 32.0 Å². The van der Waals surface area contributed by atoms with E-state index in [2.05, 4.69) is 10.6 Å². The number of nitrogens with two attached hydrogens (primary N) is 4. The highest BCUT2D eigenvalue weighted by Crippen LogP contribution is 2.33. The maximum absolute atomic E-state index is 11.8. The van der Waals surface area contributed by atoms with Gasteiger partial charge in [-0.1, -0.05) is 23.3 Å². The summed E-state index contributed by atoms with van der Waals surface area (Å²) >= 11 is 0. The van der Waals surface area contributed by atoms with Crippen molar-refractivity contribution in [3.63, 3.8) is 0 Å². The Balaban J connectivity index is 1.72. The number of hydrogen-bond donors (Lipinski definition) is 6. The Bertz CT molecular complexity index is 1350. The number of hydrogen-bond acceptors (Lipinski definition) is 8. The van der Waals surface area contributed by atoms with Gasteiger partial charge in [-0.25, -0.2) is 0 Å². The van der Waals surface area contributed by atoms with Crippen LogP contribution in [0.25, 0.3) is 0 Å². The van der Waals surface area contributed by atoms with Crippen molar-refractivity contribution in [2.24, 2.45) is 11.5 Å². The summed E-state index contributed by atoms with van der Waals surface area (Å²) in [7, 11) is 1.61. The van der Waals surface area contributed by atoms with Crippen LogP contribution in [0.2, 0.25) is 0 Å². The lowest BCUT2D eigenvalue weighted by molar-refractivity contribution is 0.0991. The highest BCUT2D eigenvalue weighted by molar-refractivity contribution is 5.96. The normalized spacial score (nSPS) is 11.3. The molecule has 0 radical (unpaired) electrons. The molecule has 3 aromatic carbocycles. The lowest BCUT2D eigenvalue weighted by atomic mass is 10.1. The number of rotatable bonds is 12. The third-order valence-corrected chi connectivity index (χ3v) is 6.11. The van der Waals surface area contributed by atoms with E-state index in [4.69, 9.17) is 32.4 Å². The van der Waals surface area contributed by atoms with Crippen molar-refractivity contribution in [1.29, 1.82) is 0 Å². The molecule has 0 spiro atoms. The average Bonchev–Trinajstić information content (AvgIpc) is 2.90. The molecule has 0 bridgehead atoms. The van der Waals surface area contributed by atoms with Gasteiger partial charge in [0.05, 0.1) is 24.2 Å². The molecule has 10 nitrogen and oxygen atoms in total. The van der Waals surface area contributed by atoms with Crippen LogP contribution >= 0.6 is 0 Å². The minimum atomic E-state index is -0.598. The number of nitrogen functional groups attached to an aromatic ring is 2. The molecule has 0 atom stereocenters. The molecule has 0 aliphatic heterocycles. The first kappa shape index (κ1) is 27.7. The van der Waals surface area contributed by atoms with Gasteiger partial charge < -0.3 is 43.0 Å². The summed E-state index contributed by atoms with van der Waals surface area (Å²) in [6.07, 6.45) is 0. The topological polar surface area (TPSA) is 181 Å². The number of methoxy groups -OCH3 is 1. The first-order valence-electron chi connectivity index (χ1n) is 11.9. The van der Waals surface area contributed by atoms with E-state index in [-0.39, 0.29) is 12.2 Å². The Morgan fingerprint density at radius 3 is 1.97 bits per heavy atom. The van der Waals surface area contributed by atoms with Gasteiger partial charge in [0.1, 0.15) is 23.8 Å². The summed E-state index contributed by atoms with van der Waals surface area (Å²) < 4.78 is 11.2. The maximum atomic E-state index is 11.8. The van der Waals surface area contributed by atoms with E-state index in [0.717, 1.165) is 22.5 Å². The second-order valence-corrected chi connectivity index (χ2v) is 8.87. The second kappa shape index (κ2) is 12.4. The lowest BCUT2D eigenvalue weighted by Crippen LogP contribution is -2.15. The summed E-state index contributed by atoms with van der Waals surface area (Å²) in [5.41, 5.74) is 28.8. The Hall–Kier alpha value is -4.86. The first-order valence-corrected chi connectivity index (χ1v) is 11.9. The quantitative estimate of drug-likeness (QED) is 0.156. The number of primary amides is 2. The van der Waals surface area contributed by atoms with Crippen LogP contribution in [0.15, 0.2) is 65.7 Å². The third kappa shape index (κ3) is 7.10. The number of carbonyl (C=O) groups is 2. The smallest absolute Gasteiger partial charge is 0.248 e. The Morgan fingerprint density at radius 2 is 1.39 bits per heavy atom. The van der Waals surface area contributed by atoms with Crippen LogP contribution in [0.1, 0.15) is 40.1 Å². The van der Waals surface area contributed by atoms with E-state index in [9.17, 15) is 9.59 Å². The fourth-order valence-electron chi connectivity index (χ4n) is 3.59. The van der Waals surface area contributed by atoms with Gasteiger partial charge in [0, 0.05) is 24.2 Å². The molecule has 10 N–H and O–H groups in total. The molecule has 0 aromatic heterocycles. The number of ether oxygens (including phenoxy) is 2. The van der Waals surface area contributed by atoms with Crippen molar-refractivity contribution >= 4 is 34.6 Å². The van der Waals surface area contributed by atoms with Crippen LogP contribution in [0, 0.1) is 0 Å². The van der Waals surface area contributed by atoms with Gasteiger partial charge in [0.25, 0.3) is 0 Å². The van der Waals surface area contributed by atoms with E-state index in [1.165, 1.54) is 6.07 Å². The highest BCUT2D eigenvalue weighted by atomic mass is 16.5. The first-order chi connectivity index (χ1) is 18.1. The summed E-state index contributed by atoms with van der Waals surface area (Å²) in [6.45, 7) is 5.26.